The smallest absolute Gasteiger partial charge is 0.272 e. The van der Waals surface area contributed by atoms with Crippen LogP contribution in [0.1, 0.15) is 28.7 Å². The summed E-state index contributed by atoms with van der Waals surface area (Å²) in [6.07, 6.45) is 1.87. The predicted molar refractivity (Wildman–Crippen MR) is 104 cm³/mol. The number of hydrogen-bond acceptors (Lipinski definition) is 7. The van der Waals surface area contributed by atoms with Crippen molar-refractivity contribution in [3.63, 3.8) is 0 Å². The molecule has 30 heavy (non-hydrogen) atoms. The van der Waals surface area contributed by atoms with E-state index in [0.717, 1.165) is 0 Å². The Morgan fingerprint density at radius 2 is 1.93 bits per heavy atom. The second kappa shape index (κ2) is 6.69. The van der Waals surface area contributed by atoms with Gasteiger partial charge in [0.1, 0.15) is 16.3 Å². The molecule has 1 spiro atoms. The first kappa shape index (κ1) is 18.9. The number of hydrogen-bond donors (Lipinski definition) is 0. The highest BCUT2D eigenvalue weighted by atomic mass is 32.2. The Balaban J connectivity index is 1.41. The average molecular weight is 428 g/mol. The standard InChI is InChI=1S/C20H17FN4O4S/c21-14-6-4-13(5-7-14)17-23-18(29-24-17)15-8-10-30(27,28)20(15)11-25(12-20)19(26)16-3-1-2-9-22-16/h1-7,9,15H,8,10-12H2. The van der Waals surface area contributed by atoms with Gasteiger partial charge in [-0.15, -0.1) is 0 Å². The van der Waals surface area contributed by atoms with E-state index < -0.39 is 20.5 Å². The van der Waals surface area contributed by atoms with Gasteiger partial charge in [-0.1, -0.05) is 11.2 Å². The number of carbonyl (C=O) groups is 1. The van der Waals surface area contributed by atoms with Crippen molar-refractivity contribution in [2.45, 2.75) is 17.1 Å². The van der Waals surface area contributed by atoms with Gasteiger partial charge < -0.3 is 9.42 Å². The lowest BCUT2D eigenvalue weighted by atomic mass is 9.83. The normalized spacial score (nSPS) is 21.5. The van der Waals surface area contributed by atoms with Crippen LogP contribution >= 0.6 is 0 Å². The largest absolute Gasteiger partial charge is 0.339 e. The summed E-state index contributed by atoms with van der Waals surface area (Å²) in [5, 5.41) is 3.94. The van der Waals surface area contributed by atoms with Gasteiger partial charge in [0.15, 0.2) is 9.84 Å². The van der Waals surface area contributed by atoms with E-state index in [0.29, 0.717) is 12.0 Å². The number of halogens is 1. The molecule has 4 heterocycles. The summed E-state index contributed by atoms with van der Waals surface area (Å²) in [5.41, 5.74) is 0.845. The zero-order chi connectivity index (χ0) is 20.9. The summed E-state index contributed by atoms with van der Waals surface area (Å²) in [4.78, 5) is 22.5. The second-order valence-corrected chi connectivity index (χ2v) is 10.0. The van der Waals surface area contributed by atoms with Crippen LogP contribution in [0.25, 0.3) is 11.4 Å². The molecule has 0 saturated carbocycles. The fourth-order valence-electron chi connectivity index (χ4n) is 4.21. The maximum absolute atomic E-state index is 13.2. The monoisotopic (exact) mass is 428 g/mol. The van der Waals surface area contributed by atoms with Gasteiger partial charge in [-0.25, -0.2) is 12.8 Å². The van der Waals surface area contributed by atoms with E-state index >= 15 is 0 Å². The molecule has 0 radical (unpaired) electrons. The number of pyridine rings is 1. The van der Waals surface area contributed by atoms with Crippen LogP contribution < -0.4 is 0 Å². The summed E-state index contributed by atoms with van der Waals surface area (Å²) in [6.45, 7) is 0.118. The molecule has 1 atom stereocenters. The highest BCUT2D eigenvalue weighted by Crippen LogP contribution is 2.49. The van der Waals surface area contributed by atoms with Crippen molar-refractivity contribution in [3.05, 3.63) is 66.1 Å². The van der Waals surface area contributed by atoms with Gasteiger partial charge in [-0.3, -0.25) is 9.78 Å². The minimum atomic E-state index is -3.45. The molecule has 0 N–H and O–H groups in total. The molecule has 0 bridgehead atoms. The number of rotatable bonds is 3. The van der Waals surface area contributed by atoms with Gasteiger partial charge in [0.05, 0.1) is 11.7 Å². The molecule has 2 aliphatic rings. The van der Waals surface area contributed by atoms with E-state index in [9.17, 15) is 17.6 Å². The van der Waals surface area contributed by atoms with Crippen LogP contribution in [-0.2, 0) is 9.84 Å². The van der Waals surface area contributed by atoms with Gasteiger partial charge in [0.2, 0.25) is 11.7 Å². The van der Waals surface area contributed by atoms with E-state index in [4.69, 9.17) is 4.52 Å². The van der Waals surface area contributed by atoms with Gasteiger partial charge in [-0.05, 0) is 42.8 Å². The summed E-state index contributed by atoms with van der Waals surface area (Å²) in [5.74, 6) is -0.699. The van der Waals surface area contributed by atoms with E-state index in [1.807, 2.05) is 0 Å². The molecule has 8 nitrogen and oxygen atoms in total. The van der Waals surface area contributed by atoms with E-state index in [1.165, 1.54) is 35.4 Å². The highest BCUT2D eigenvalue weighted by Gasteiger charge is 2.64. The first-order chi connectivity index (χ1) is 14.4. The molecule has 1 unspecified atom stereocenters. The molecular weight excluding hydrogens is 411 g/mol. The molecule has 0 aliphatic carbocycles. The lowest BCUT2D eigenvalue weighted by Crippen LogP contribution is -2.67. The number of carbonyl (C=O) groups excluding carboxylic acids is 1. The number of sulfone groups is 1. The van der Waals surface area contributed by atoms with Crippen LogP contribution in [0.15, 0.2) is 53.2 Å². The van der Waals surface area contributed by atoms with Crippen molar-refractivity contribution in [2.24, 2.45) is 0 Å². The van der Waals surface area contributed by atoms with Crippen LogP contribution in [0.4, 0.5) is 4.39 Å². The minimum Gasteiger partial charge on any atom is -0.339 e. The van der Waals surface area contributed by atoms with E-state index in [2.05, 4.69) is 15.1 Å². The number of aromatic nitrogens is 3. The zero-order valence-corrected chi connectivity index (χ0v) is 16.5. The molecule has 1 aromatic carbocycles. The maximum Gasteiger partial charge on any atom is 0.272 e. The van der Waals surface area contributed by atoms with Crippen molar-refractivity contribution in [1.29, 1.82) is 0 Å². The fourth-order valence-corrected chi connectivity index (χ4v) is 6.52. The number of nitrogens with zero attached hydrogens (tertiary/aromatic N) is 4. The van der Waals surface area contributed by atoms with Crippen molar-refractivity contribution >= 4 is 15.7 Å². The lowest BCUT2D eigenvalue weighted by Gasteiger charge is -2.48. The molecule has 10 heteroatoms. The van der Waals surface area contributed by atoms with Crippen molar-refractivity contribution in [1.82, 2.24) is 20.0 Å². The minimum absolute atomic E-state index is 0.00243. The molecule has 2 fully saturated rings. The number of benzene rings is 1. The maximum atomic E-state index is 13.2. The first-order valence-electron chi connectivity index (χ1n) is 9.42. The van der Waals surface area contributed by atoms with Crippen molar-refractivity contribution in [3.8, 4) is 11.4 Å². The van der Waals surface area contributed by atoms with Gasteiger partial charge in [0, 0.05) is 24.8 Å². The highest BCUT2D eigenvalue weighted by molar-refractivity contribution is 7.93. The van der Waals surface area contributed by atoms with E-state index in [-0.39, 0.29) is 48.0 Å². The third-order valence-corrected chi connectivity index (χ3v) is 8.41. The van der Waals surface area contributed by atoms with Gasteiger partial charge in [0.25, 0.3) is 5.91 Å². The second-order valence-electron chi connectivity index (χ2n) is 7.56. The van der Waals surface area contributed by atoms with Crippen LogP contribution in [0.5, 0.6) is 0 Å². The predicted octanol–water partition coefficient (Wildman–Crippen LogP) is 2.07. The SMILES string of the molecule is O=C(c1ccccn1)N1CC2(C1)C(c1nc(-c3ccc(F)cc3)no1)CCS2(=O)=O. The summed E-state index contributed by atoms with van der Waals surface area (Å²) in [7, 11) is -3.45. The Morgan fingerprint density at radius 3 is 2.63 bits per heavy atom. The van der Waals surface area contributed by atoms with Crippen LogP contribution in [0.3, 0.4) is 0 Å². The zero-order valence-electron chi connectivity index (χ0n) is 15.7. The first-order valence-corrected chi connectivity index (χ1v) is 11.1. The van der Waals surface area contributed by atoms with Gasteiger partial charge >= 0.3 is 0 Å². The molecule has 2 aliphatic heterocycles. The average Bonchev–Trinajstić information content (AvgIpc) is 3.29. The Bertz CT molecular complexity index is 1210. The molecule has 2 aromatic heterocycles. The molecule has 154 valence electrons. The number of likely N-dealkylation sites (tertiary alicyclic amines) is 1. The van der Waals surface area contributed by atoms with Crippen LogP contribution in [0, 0.1) is 5.82 Å². The fraction of sp³-hybridized carbons (Fsp3) is 0.300. The van der Waals surface area contributed by atoms with Crippen LogP contribution in [0.2, 0.25) is 0 Å². The third kappa shape index (κ3) is 2.82. The molecule has 1 amide bonds. The quantitative estimate of drug-likeness (QED) is 0.629. The lowest BCUT2D eigenvalue weighted by molar-refractivity contribution is 0.0498. The molecular formula is C20H17FN4O4S. The van der Waals surface area contributed by atoms with Crippen molar-refractivity contribution in [2.75, 3.05) is 18.8 Å². The van der Waals surface area contributed by atoms with Gasteiger partial charge in [-0.2, -0.15) is 4.98 Å². The Morgan fingerprint density at radius 1 is 1.17 bits per heavy atom. The molecule has 3 aromatic rings. The topological polar surface area (TPSA) is 106 Å². The Kier molecular flexibility index (Phi) is 4.21. The Labute approximate surface area is 171 Å². The summed E-state index contributed by atoms with van der Waals surface area (Å²) in [6, 6.07) is 10.7. The van der Waals surface area contributed by atoms with Crippen LogP contribution in [-0.4, -0.2) is 57.9 Å². The Hall–Kier alpha value is -3.14. The molecule has 2 saturated heterocycles. The van der Waals surface area contributed by atoms with Crippen molar-refractivity contribution < 1.29 is 22.1 Å². The summed E-state index contributed by atoms with van der Waals surface area (Å²) < 4.78 is 43.2. The molecule has 5 rings (SSSR count). The number of amides is 1. The van der Waals surface area contributed by atoms with E-state index in [1.54, 1.807) is 18.2 Å². The third-order valence-electron chi connectivity index (χ3n) is 5.86. The summed E-state index contributed by atoms with van der Waals surface area (Å²) >= 11 is 0.